The first kappa shape index (κ1) is 20.2. The summed E-state index contributed by atoms with van der Waals surface area (Å²) in [5.41, 5.74) is 0.799. The van der Waals surface area contributed by atoms with Crippen molar-refractivity contribution in [1.82, 2.24) is 5.32 Å². The molecule has 5 nitrogen and oxygen atoms in total. The maximum Gasteiger partial charge on any atom is 0.244 e. The summed E-state index contributed by atoms with van der Waals surface area (Å²) in [5, 5.41) is 2.63. The molecule has 0 radical (unpaired) electrons. The number of carbonyl (C=O) groups is 1. The van der Waals surface area contributed by atoms with E-state index in [4.69, 9.17) is 14.2 Å². The maximum atomic E-state index is 13.8. The van der Waals surface area contributed by atoms with Crippen LogP contribution < -0.4 is 19.5 Å². The van der Waals surface area contributed by atoms with Crippen LogP contribution in [0.25, 0.3) is 6.08 Å². The minimum atomic E-state index is -0.715. The van der Waals surface area contributed by atoms with Gasteiger partial charge in [-0.1, -0.05) is 6.07 Å². The molecule has 27 heavy (non-hydrogen) atoms. The summed E-state index contributed by atoms with van der Waals surface area (Å²) < 4.78 is 42.5. The quantitative estimate of drug-likeness (QED) is 0.744. The van der Waals surface area contributed by atoms with Crippen LogP contribution in [0.15, 0.2) is 36.4 Å². The van der Waals surface area contributed by atoms with Crippen LogP contribution in [0.2, 0.25) is 0 Å². The Labute approximate surface area is 156 Å². The number of carbonyl (C=O) groups excluding carboxylic acids is 1. The van der Waals surface area contributed by atoms with Gasteiger partial charge in [0.2, 0.25) is 5.91 Å². The molecule has 1 amide bonds. The van der Waals surface area contributed by atoms with Crippen LogP contribution >= 0.6 is 0 Å². The van der Waals surface area contributed by atoms with Gasteiger partial charge in [-0.3, -0.25) is 4.79 Å². The minimum Gasteiger partial charge on any atom is -0.496 e. The summed E-state index contributed by atoms with van der Waals surface area (Å²) in [6.07, 6.45) is 2.84. The number of halogens is 2. The van der Waals surface area contributed by atoms with Gasteiger partial charge in [0, 0.05) is 29.3 Å². The molecule has 0 aromatic heterocycles. The lowest BCUT2D eigenvalue weighted by Crippen LogP contribution is -2.25. The van der Waals surface area contributed by atoms with Gasteiger partial charge in [-0.2, -0.15) is 0 Å². The minimum absolute atomic E-state index is 0.196. The Morgan fingerprint density at radius 1 is 1.00 bits per heavy atom. The predicted octanol–water partition coefficient (Wildman–Crippen LogP) is 3.88. The molecule has 2 aromatic rings. The Kier molecular flexibility index (Phi) is 6.76. The number of nitrogens with one attached hydrogen (secondary N) is 1. The molecule has 7 heteroatoms. The fourth-order valence-electron chi connectivity index (χ4n) is 2.54. The first-order valence-corrected chi connectivity index (χ1v) is 8.13. The molecule has 0 aliphatic heterocycles. The Balaban J connectivity index is 2.16. The molecule has 2 aromatic carbocycles. The van der Waals surface area contributed by atoms with Crippen molar-refractivity contribution in [2.75, 3.05) is 21.3 Å². The summed E-state index contributed by atoms with van der Waals surface area (Å²) in [7, 11) is 4.51. The van der Waals surface area contributed by atoms with Crippen molar-refractivity contribution in [1.29, 1.82) is 0 Å². The van der Waals surface area contributed by atoms with E-state index in [9.17, 15) is 13.6 Å². The van der Waals surface area contributed by atoms with Crippen LogP contribution in [0, 0.1) is 11.6 Å². The van der Waals surface area contributed by atoms with E-state index in [1.807, 2.05) is 0 Å². The van der Waals surface area contributed by atoms with Gasteiger partial charge >= 0.3 is 0 Å². The number of benzene rings is 2. The highest BCUT2D eigenvalue weighted by molar-refractivity contribution is 5.92. The lowest BCUT2D eigenvalue weighted by atomic mass is 10.1. The third kappa shape index (κ3) is 4.97. The molecule has 0 heterocycles. The van der Waals surface area contributed by atoms with Crippen LogP contribution in [-0.2, 0) is 4.79 Å². The molecule has 0 aliphatic carbocycles. The molecule has 1 atom stereocenters. The molecular weight excluding hydrogens is 356 g/mol. The molecule has 0 aliphatic rings. The average molecular weight is 377 g/mol. The van der Waals surface area contributed by atoms with E-state index in [1.165, 1.54) is 33.5 Å². The van der Waals surface area contributed by atoms with Crippen molar-refractivity contribution >= 4 is 12.0 Å². The first-order chi connectivity index (χ1) is 12.9. The fourth-order valence-corrected chi connectivity index (χ4v) is 2.54. The van der Waals surface area contributed by atoms with Crippen molar-refractivity contribution in [2.24, 2.45) is 0 Å². The lowest BCUT2D eigenvalue weighted by Gasteiger charge is -2.14. The van der Waals surface area contributed by atoms with Gasteiger partial charge in [0.05, 0.1) is 27.4 Å². The summed E-state index contributed by atoms with van der Waals surface area (Å²) in [6, 6.07) is 5.91. The Hall–Kier alpha value is -3.09. The summed E-state index contributed by atoms with van der Waals surface area (Å²) in [5.74, 6) is -0.350. The lowest BCUT2D eigenvalue weighted by molar-refractivity contribution is -0.117. The number of hydrogen-bond acceptors (Lipinski definition) is 4. The van der Waals surface area contributed by atoms with Crippen LogP contribution in [0.5, 0.6) is 17.2 Å². The van der Waals surface area contributed by atoms with Crippen molar-refractivity contribution < 1.29 is 27.8 Å². The number of ether oxygens (including phenoxy) is 3. The van der Waals surface area contributed by atoms with Gasteiger partial charge in [0.15, 0.2) is 11.5 Å². The fraction of sp³-hybridized carbons (Fsp3) is 0.250. The SMILES string of the molecule is COc1cc(OC)c(OC)cc1/C=C/C(=O)N[C@@H](C)c1ccc(F)cc1F. The third-order valence-electron chi connectivity index (χ3n) is 3.94. The zero-order valence-electron chi connectivity index (χ0n) is 15.5. The van der Waals surface area contributed by atoms with E-state index in [-0.39, 0.29) is 5.56 Å². The van der Waals surface area contributed by atoms with Crippen LogP contribution in [-0.4, -0.2) is 27.2 Å². The van der Waals surface area contributed by atoms with Crippen molar-refractivity contribution in [3.63, 3.8) is 0 Å². The zero-order valence-corrected chi connectivity index (χ0v) is 15.5. The second-order valence-electron chi connectivity index (χ2n) is 5.68. The van der Waals surface area contributed by atoms with Gasteiger partial charge in [0.25, 0.3) is 0 Å². The van der Waals surface area contributed by atoms with Gasteiger partial charge in [-0.25, -0.2) is 8.78 Å². The summed E-state index contributed by atoms with van der Waals surface area (Å²) in [4.78, 5) is 12.2. The van der Waals surface area contributed by atoms with Crippen molar-refractivity contribution in [2.45, 2.75) is 13.0 Å². The second kappa shape index (κ2) is 9.02. The third-order valence-corrected chi connectivity index (χ3v) is 3.94. The highest BCUT2D eigenvalue weighted by atomic mass is 19.1. The van der Waals surface area contributed by atoms with E-state index in [0.29, 0.717) is 22.8 Å². The van der Waals surface area contributed by atoms with E-state index < -0.39 is 23.6 Å². The topological polar surface area (TPSA) is 56.8 Å². The molecular formula is C20H21F2NO4. The highest BCUT2D eigenvalue weighted by Gasteiger charge is 2.14. The first-order valence-electron chi connectivity index (χ1n) is 8.13. The molecule has 144 valence electrons. The monoisotopic (exact) mass is 377 g/mol. The van der Waals surface area contributed by atoms with Gasteiger partial charge < -0.3 is 19.5 Å². The van der Waals surface area contributed by atoms with Gasteiger partial charge in [-0.15, -0.1) is 0 Å². The molecule has 0 unspecified atom stereocenters. The van der Waals surface area contributed by atoms with E-state index in [0.717, 1.165) is 12.1 Å². The average Bonchev–Trinajstić information content (AvgIpc) is 2.65. The van der Waals surface area contributed by atoms with Gasteiger partial charge in [-0.05, 0) is 25.1 Å². The van der Waals surface area contributed by atoms with Crippen LogP contribution in [0.1, 0.15) is 24.1 Å². The molecule has 0 spiro atoms. The van der Waals surface area contributed by atoms with Gasteiger partial charge in [0.1, 0.15) is 17.4 Å². The predicted molar refractivity (Wildman–Crippen MR) is 98.0 cm³/mol. The summed E-state index contributed by atoms with van der Waals surface area (Å²) >= 11 is 0. The largest absolute Gasteiger partial charge is 0.496 e. The standard InChI is InChI=1S/C20H21F2NO4/c1-12(15-7-6-14(21)10-16(15)22)23-20(24)8-5-13-9-18(26-3)19(27-4)11-17(13)25-2/h5-12H,1-4H3,(H,23,24)/b8-5+/t12-/m0/s1. The second-order valence-corrected chi connectivity index (χ2v) is 5.68. The van der Waals surface area contributed by atoms with E-state index in [1.54, 1.807) is 25.1 Å². The molecule has 2 rings (SSSR count). The summed E-state index contributed by atoms with van der Waals surface area (Å²) in [6.45, 7) is 1.61. The smallest absolute Gasteiger partial charge is 0.244 e. The number of methoxy groups -OCH3 is 3. The molecule has 0 bridgehead atoms. The molecule has 0 fully saturated rings. The molecule has 0 saturated heterocycles. The van der Waals surface area contributed by atoms with Crippen LogP contribution in [0.4, 0.5) is 8.78 Å². The number of rotatable bonds is 7. The van der Waals surface area contributed by atoms with Crippen LogP contribution in [0.3, 0.4) is 0 Å². The Bertz CT molecular complexity index is 852. The number of amides is 1. The highest BCUT2D eigenvalue weighted by Crippen LogP contribution is 2.35. The van der Waals surface area contributed by atoms with Crippen molar-refractivity contribution in [3.05, 3.63) is 59.2 Å². The maximum absolute atomic E-state index is 13.8. The molecule has 0 saturated carbocycles. The van der Waals surface area contributed by atoms with E-state index in [2.05, 4.69) is 5.32 Å². The zero-order chi connectivity index (χ0) is 20.0. The Morgan fingerprint density at radius 2 is 1.63 bits per heavy atom. The van der Waals surface area contributed by atoms with Crippen molar-refractivity contribution in [3.8, 4) is 17.2 Å². The number of hydrogen-bond donors (Lipinski definition) is 1. The normalized spacial score (nSPS) is 11.9. The Morgan fingerprint density at radius 3 is 2.22 bits per heavy atom. The molecule has 1 N–H and O–H groups in total. The van der Waals surface area contributed by atoms with E-state index >= 15 is 0 Å².